The van der Waals surface area contributed by atoms with Gasteiger partial charge in [0.15, 0.2) is 0 Å². The lowest BCUT2D eigenvalue weighted by atomic mass is 10.2. The predicted octanol–water partition coefficient (Wildman–Crippen LogP) is 2.44. The molecule has 1 saturated heterocycles. The standard InChI is InChI=1S/C16H20N2O3/c1-2-3-6-12-21-16(20)14-9-7-8-13(17-14)15(19)18-10-4-5-11-18/h3,6-9H,2,4-5,10-12H2,1H3. The van der Waals surface area contributed by atoms with Gasteiger partial charge in [-0.3, -0.25) is 4.79 Å². The van der Waals surface area contributed by atoms with E-state index >= 15 is 0 Å². The first-order valence-electron chi connectivity index (χ1n) is 7.31. The topological polar surface area (TPSA) is 59.5 Å². The Morgan fingerprint density at radius 3 is 2.67 bits per heavy atom. The molecule has 1 aromatic rings. The van der Waals surface area contributed by atoms with Crippen LogP contribution in [-0.4, -0.2) is 41.5 Å². The number of aromatic nitrogens is 1. The van der Waals surface area contributed by atoms with Crippen LogP contribution >= 0.6 is 0 Å². The van der Waals surface area contributed by atoms with E-state index < -0.39 is 5.97 Å². The van der Waals surface area contributed by atoms with Gasteiger partial charge in [-0.05, 0) is 31.4 Å². The Bertz CT molecular complexity index is 534. The van der Waals surface area contributed by atoms with Crippen LogP contribution in [0.25, 0.3) is 0 Å². The zero-order chi connectivity index (χ0) is 15.1. The van der Waals surface area contributed by atoms with Crippen molar-refractivity contribution in [1.82, 2.24) is 9.88 Å². The van der Waals surface area contributed by atoms with Crippen LogP contribution in [0.4, 0.5) is 0 Å². The first-order valence-corrected chi connectivity index (χ1v) is 7.31. The molecule has 5 nitrogen and oxygen atoms in total. The Kier molecular flexibility index (Phi) is 5.49. The van der Waals surface area contributed by atoms with Gasteiger partial charge < -0.3 is 9.64 Å². The molecule has 0 atom stereocenters. The second-order valence-corrected chi connectivity index (χ2v) is 4.89. The predicted molar refractivity (Wildman–Crippen MR) is 79.1 cm³/mol. The number of ether oxygens (including phenoxy) is 1. The molecule has 2 rings (SSSR count). The first-order chi connectivity index (χ1) is 10.2. The van der Waals surface area contributed by atoms with Gasteiger partial charge in [0.25, 0.3) is 5.91 Å². The average Bonchev–Trinajstić information content (AvgIpc) is 3.05. The maximum atomic E-state index is 12.2. The largest absolute Gasteiger partial charge is 0.457 e. The Morgan fingerprint density at radius 2 is 1.95 bits per heavy atom. The van der Waals surface area contributed by atoms with Crippen LogP contribution < -0.4 is 0 Å². The van der Waals surface area contributed by atoms with Gasteiger partial charge in [0.2, 0.25) is 0 Å². The zero-order valence-electron chi connectivity index (χ0n) is 12.2. The average molecular weight is 288 g/mol. The fourth-order valence-electron chi connectivity index (χ4n) is 2.18. The normalized spacial score (nSPS) is 14.6. The lowest BCUT2D eigenvalue weighted by molar-refractivity contribution is 0.0542. The monoisotopic (exact) mass is 288 g/mol. The number of rotatable bonds is 5. The quantitative estimate of drug-likeness (QED) is 0.617. The second kappa shape index (κ2) is 7.57. The Hall–Kier alpha value is -2.17. The van der Waals surface area contributed by atoms with Crippen LogP contribution in [-0.2, 0) is 4.74 Å². The van der Waals surface area contributed by atoms with Crippen LogP contribution in [0, 0.1) is 0 Å². The minimum Gasteiger partial charge on any atom is -0.457 e. The molecule has 0 spiro atoms. The van der Waals surface area contributed by atoms with Crippen molar-refractivity contribution >= 4 is 11.9 Å². The summed E-state index contributed by atoms with van der Waals surface area (Å²) in [5, 5.41) is 0. The number of hydrogen-bond donors (Lipinski definition) is 0. The summed E-state index contributed by atoms with van der Waals surface area (Å²) in [6, 6.07) is 4.86. The van der Waals surface area contributed by atoms with Crippen LogP contribution in [0.15, 0.2) is 30.4 Å². The number of nitrogens with zero attached hydrogens (tertiary/aromatic N) is 2. The van der Waals surface area contributed by atoms with Gasteiger partial charge in [0.05, 0.1) is 0 Å². The van der Waals surface area contributed by atoms with Gasteiger partial charge in [0.1, 0.15) is 18.0 Å². The van der Waals surface area contributed by atoms with E-state index in [-0.39, 0.29) is 18.2 Å². The maximum Gasteiger partial charge on any atom is 0.357 e. The van der Waals surface area contributed by atoms with E-state index in [0.717, 1.165) is 32.4 Å². The van der Waals surface area contributed by atoms with E-state index in [9.17, 15) is 9.59 Å². The fourth-order valence-corrected chi connectivity index (χ4v) is 2.18. The van der Waals surface area contributed by atoms with E-state index in [2.05, 4.69) is 4.98 Å². The molecule has 0 N–H and O–H groups in total. The highest BCUT2D eigenvalue weighted by Gasteiger charge is 2.21. The van der Waals surface area contributed by atoms with Crippen LogP contribution in [0.3, 0.4) is 0 Å². The molecule has 0 saturated carbocycles. The molecule has 0 radical (unpaired) electrons. The number of likely N-dealkylation sites (tertiary alicyclic amines) is 1. The summed E-state index contributed by atoms with van der Waals surface area (Å²) in [7, 11) is 0. The fraction of sp³-hybridized carbons (Fsp3) is 0.438. The summed E-state index contributed by atoms with van der Waals surface area (Å²) in [6.45, 7) is 3.75. The number of pyridine rings is 1. The van der Waals surface area contributed by atoms with Gasteiger partial charge in [-0.25, -0.2) is 9.78 Å². The SMILES string of the molecule is CCC=CCOC(=O)c1cccc(C(=O)N2CCCC2)n1. The highest BCUT2D eigenvalue weighted by Crippen LogP contribution is 2.12. The van der Waals surface area contributed by atoms with Crippen molar-refractivity contribution in [1.29, 1.82) is 0 Å². The molecular formula is C16H20N2O3. The highest BCUT2D eigenvalue weighted by molar-refractivity contribution is 5.94. The Labute approximate surface area is 124 Å². The third-order valence-corrected chi connectivity index (χ3v) is 3.28. The van der Waals surface area contributed by atoms with E-state index in [1.807, 2.05) is 13.0 Å². The molecule has 0 bridgehead atoms. The van der Waals surface area contributed by atoms with Crippen molar-refractivity contribution in [2.24, 2.45) is 0 Å². The van der Waals surface area contributed by atoms with Crippen LogP contribution in [0.2, 0.25) is 0 Å². The van der Waals surface area contributed by atoms with E-state index in [0.29, 0.717) is 5.69 Å². The smallest absolute Gasteiger partial charge is 0.357 e. The summed E-state index contributed by atoms with van der Waals surface area (Å²) in [5.74, 6) is -0.625. The van der Waals surface area contributed by atoms with Gasteiger partial charge in [-0.1, -0.05) is 25.1 Å². The van der Waals surface area contributed by atoms with Gasteiger partial charge >= 0.3 is 5.97 Å². The molecule has 2 heterocycles. The van der Waals surface area contributed by atoms with Crippen molar-refractivity contribution in [2.75, 3.05) is 19.7 Å². The lowest BCUT2D eigenvalue weighted by Gasteiger charge is -2.14. The first kappa shape index (κ1) is 15.2. The second-order valence-electron chi connectivity index (χ2n) is 4.89. The number of carbonyl (C=O) groups is 2. The number of allylic oxidation sites excluding steroid dienone is 1. The summed E-state index contributed by atoms with van der Waals surface area (Å²) >= 11 is 0. The number of amides is 1. The third-order valence-electron chi connectivity index (χ3n) is 3.28. The van der Waals surface area contributed by atoms with Gasteiger partial charge in [-0.15, -0.1) is 0 Å². The number of esters is 1. The summed E-state index contributed by atoms with van der Waals surface area (Å²) in [4.78, 5) is 30.0. The van der Waals surface area contributed by atoms with E-state index in [1.54, 1.807) is 29.2 Å². The molecule has 1 aliphatic rings. The summed E-state index contributed by atoms with van der Waals surface area (Å²) in [6.07, 6.45) is 6.66. The van der Waals surface area contributed by atoms with Crippen molar-refractivity contribution in [3.8, 4) is 0 Å². The van der Waals surface area contributed by atoms with Crippen LogP contribution in [0.5, 0.6) is 0 Å². The van der Waals surface area contributed by atoms with Crippen LogP contribution in [0.1, 0.15) is 47.2 Å². The van der Waals surface area contributed by atoms with Crippen molar-refractivity contribution in [3.05, 3.63) is 41.7 Å². The zero-order valence-corrected chi connectivity index (χ0v) is 12.2. The molecule has 5 heteroatoms. The van der Waals surface area contributed by atoms with E-state index in [1.165, 1.54) is 0 Å². The van der Waals surface area contributed by atoms with Crippen molar-refractivity contribution in [3.63, 3.8) is 0 Å². The minimum atomic E-state index is -0.508. The molecule has 112 valence electrons. The Balaban J connectivity index is 2.01. The number of carbonyl (C=O) groups excluding carboxylic acids is 2. The molecule has 1 amide bonds. The molecule has 0 aromatic carbocycles. The molecule has 1 fully saturated rings. The maximum absolute atomic E-state index is 12.2. The number of hydrogen-bond acceptors (Lipinski definition) is 4. The lowest BCUT2D eigenvalue weighted by Crippen LogP contribution is -2.28. The molecule has 21 heavy (non-hydrogen) atoms. The molecular weight excluding hydrogens is 268 g/mol. The van der Waals surface area contributed by atoms with Crippen molar-refractivity contribution < 1.29 is 14.3 Å². The molecule has 1 aromatic heterocycles. The molecule has 0 unspecified atom stereocenters. The summed E-state index contributed by atoms with van der Waals surface area (Å²) < 4.78 is 5.08. The summed E-state index contributed by atoms with van der Waals surface area (Å²) in [5.41, 5.74) is 0.473. The third kappa shape index (κ3) is 4.15. The Morgan fingerprint density at radius 1 is 1.24 bits per heavy atom. The highest BCUT2D eigenvalue weighted by atomic mass is 16.5. The molecule has 0 aliphatic carbocycles. The minimum absolute atomic E-state index is 0.118. The van der Waals surface area contributed by atoms with E-state index in [4.69, 9.17) is 4.74 Å². The van der Waals surface area contributed by atoms with Gasteiger partial charge in [-0.2, -0.15) is 0 Å². The van der Waals surface area contributed by atoms with Gasteiger partial charge in [0, 0.05) is 13.1 Å². The molecule has 1 aliphatic heterocycles. The van der Waals surface area contributed by atoms with Crippen molar-refractivity contribution in [2.45, 2.75) is 26.2 Å².